The van der Waals surface area contributed by atoms with Crippen molar-refractivity contribution in [2.24, 2.45) is 5.92 Å². The molecule has 39 heavy (non-hydrogen) atoms. The van der Waals surface area contributed by atoms with Gasteiger partial charge in [0.25, 0.3) is 0 Å². The SMILES string of the molecule is O=CC1CCC(NC(=O)[C@@H]2NC3(CCCCC3)[C@@]3(C(=O)Nc4cc(Cl)ccc43)[C@H]2c2cccc(Cl)c2F)CC1. The van der Waals surface area contributed by atoms with Crippen LogP contribution in [0.15, 0.2) is 36.4 Å². The Morgan fingerprint density at radius 3 is 2.51 bits per heavy atom. The number of nitrogens with one attached hydrogen (secondary N) is 3. The molecule has 2 aliphatic carbocycles. The lowest BCUT2D eigenvalue weighted by molar-refractivity contribution is -0.124. The maximum absolute atomic E-state index is 15.9. The van der Waals surface area contributed by atoms with Crippen LogP contribution in [0.3, 0.4) is 0 Å². The molecule has 2 aromatic carbocycles. The van der Waals surface area contributed by atoms with Gasteiger partial charge >= 0.3 is 0 Å². The Bertz CT molecular complexity index is 1320. The number of aldehydes is 1. The molecule has 9 heteroatoms. The summed E-state index contributed by atoms with van der Waals surface area (Å²) in [7, 11) is 0. The number of carbonyl (C=O) groups excluding carboxylic acids is 3. The first-order valence-electron chi connectivity index (χ1n) is 13.9. The molecule has 0 unspecified atom stereocenters. The fraction of sp³-hybridized carbons (Fsp3) is 0.500. The molecule has 2 aromatic rings. The van der Waals surface area contributed by atoms with E-state index in [2.05, 4.69) is 16.0 Å². The molecule has 2 heterocycles. The zero-order chi connectivity index (χ0) is 27.4. The summed E-state index contributed by atoms with van der Waals surface area (Å²) in [5, 5.41) is 10.3. The van der Waals surface area contributed by atoms with Gasteiger partial charge in [0.1, 0.15) is 17.5 Å². The van der Waals surface area contributed by atoms with Crippen LogP contribution in [0.4, 0.5) is 10.1 Å². The Morgan fingerprint density at radius 1 is 1.05 bits per heavy atom. The summed E-state index contributed by atoms with van der Waals surface area (Å²) in [5.41, 5.74) is -0.418. The summed E-state index contributed by atoms with van der Waals surface area (Å²) in [4.78, 5) is 39.7. The van der Waals surface area contributed by atoms with Gasteiger partial charge in [-0.05, 0) is 67.9 Å². The molecule has 3 atom stereocenters. The highest BCUT2D eigenvalue weighted by Crippen LogP contribution is 2.62. The van der Waals surface area contributed by atoms with Crippen LogP contribution in [0.2, 0.25) is 10.0 Å². The van der Waals surface area contributed by atoms with E-state index in [-0.39, 0.29) is 34.4 Å². The number of amides is 2. The van der Waals surface area contributed by atoms with Crippen LogP contribution in [-0.2, 0) is 19.8 Å². The van der Waals surface area contributed by atoms with Gasteiger partial charge in [-0.25, -0.2) is 4.39 Å². The smallest absolute Gasteiger partial charge is 0.238 e. The molecule has 6 nitrogen and oxygen atoms in total. The van der Waals surface area contributed by atoms with Gasteiger partial charge in [0.05, 0.1) is 11.1 Å². The number of halogens is 3. The van der Waals surface area contributed by atoms with Crippen molar-refractivity contribution in [3.05, 3.63) is 63.4 Å². The number of hydrogen-bond acceptors (Lipinski definition) is 4. The van der Waals surface area contributed by atoms with Crippen molar-refractivity contribution < 1.29 is 18.8 Å². The van der Waals surface area contributed by atoms with Gasteiger partial charge in [-0.2, -0.15) is 0 Å². The fourth-order valence-electron chi connectivity index (χ4n) is 7.91. The first-order valence-corrected chi connectivity index (χ1v) is 14.6. The monoisotopic (exact) mass is 571 g/mol. The number of anilines is 1. The number of fused-ring (bicyclic) bond motifs is 3. The first-order chi connectivity index (χ1) is 18.8. The third-order valence-corrected chi connectivity index (χ3v) is 10.1. The van der Waals surface area contributed by atoms with Crippen LogP contribution in [-0.4, -0.2) is 35.7 Å². The van der Waals surface area contributed by atoms with Crippen LogP contribution in [0.25, 0.3) is 0 Å². The molecule has 0 aromatic heterocycles. The standard InChI is InChI=1S/C30H32Cl2FN3O3/c31-18-9-12-21-23(15-18)35-28(39)30(21)24(20-5-4-6-22(32)25(20)33)26(36-29(30)13-2-1-3-14-29)27(38)34-19-10-7-17(16-37)8-11-19/h4-6,9,12,15-17,19,24,26,36H,1-3,7-8,10-11,13-14H2,(H,34,38)(H,35,39)/t17?,19?,24-,26+,30+/m0/s1. The largest absolute Gasteiger partial charge is 0.352 e. The minimum atomic E-state index is -1.24. The molecule has 6 rings (SSSR count). The van der Waals surface area contributed by atoms with Crippen molar-refractivity contribution in [2.75, 3.05) is 5.32 Å². The van der Waals surface area contributed by atoms with E-state index >= 15 is 4.39 Å². The van der Waals surface area contributed by atoms with Gasteiger partial charge in [-0.1, -0.05) is 60.7 Å². The maximum atomic E-state index is 15.9. The Kier molecular flexibility index (Phi) is 6.97. The van der Waals surface area contributed by atoms with Gasteiger partial charge in [0, 0.05) is 34.1 Å². The molecular weight excluding hydrogens is 540 g/mol. The van der Waals surface area contributed by atoms with E-state index in [1.54, 1.807) is 24.3 Å². The summed E-state index contributed by atoms with van der Waals surface area (Å²) in [6, 6.07) is 9.18. The normalized spacial score (nSPS) is 31.2. The van der Waals surface area contributed by atoms with E-state index in [1.165, 1.54) is 6.07 Å². The van der Waals surface area contributed by atoms with Crippen molar-refractivity contribution in [3.63, 3.8) is 0 Å². The molecule has 3 N–H and O–H groups in total. The summed E-state index contributed by atoms with van der Waals surface area (Å²) in [5.74, 6) is -1.94. The Hall–Kier alpha value is -2.48. The maximum Gasteiger partial charge on any atom is 0.238 e. The number of benzene rings is 2. The molecule has 1 saturated heterocycles. The average molecular weight is 573 g/mol. The molecule has 0 radical (unpaired) electrons. The fourth-order valence-corrected chi connectivity index (χ4v) is 8.26. The van der Waals surface area contributed by atoms with E-state index < -0.39 is 28.7 Å². The van der Waals surface area contributed by atoms with Gasteiger partial charge in [0.2, 0.25) is 11.8 Å². The molecule has 2 amide bonds. The van der Waals surface area contributed by atoms with Gasteiger partial charge in [-0.15, -0.1) is 0 Å². The molecule has 2 aliphatic heterocycles. The topological polar surface area (TPSA) is 87.3 Å². The van der Waals surface area contributed by atoms with Crippen molar-refractivity contribution in [1.82, 2.24) is 10.6 Å². The van der Waals surface area contributed by atoms with Crippen molar-refractivity contribution in [1.29, 1.82) is 0 Å². The van der Waals surface area contributed by atoms with Crippen molar-refractivity contribution >= 4 is 47.0 Å². The Labute approximate surface area is 237 Å². The second-order valence-electron chi connectivity index (χ2n) is 11.6. The quantitative estimate of drug-likeness (QED) is 0.413. The second kappa shape index (κ2) is 10.2. The zero-order valence-electron chi connectivity index (χ0n) is 21.6. The molecule has 2 spiro atoms. The van der Waals surface area contributed by atoms with Gasteiger partial charge in [0.15, 0.2) is 0 Å². The average Bonchev–Trinajstić information content (AvgIpc) is 3.38. The van der Waals surface area contributed by atoms with Crippen molar-refractivity contribution in [3.8, 4) is 0 Å². The van der Waals surface area contributed by atoms with E-state index in [0.717, 1.165) is 44.0 Å². The Morgan fingerprint density at radius 2 is 1.79 bits per heavy atom. The van der Waals surface area contributed by atoms with Crippen LogP contribution in [0, 0.1) is 11.7 Å². The molecule has 0 bridgehead atoms. The van der Waals surface area contributed by atoms with Gasteiger partial charge < -0.3 is 15.4 Å². The number of rotatable bonds is 4. The lowest BCUT2D eigenvalue weighted by Crippen LogP contribution is -2.60. The van der Waals surface area contributed by atoms with Crippen LogP contribution in [0.1, 0.15) is 74.8 Å². The van der Waals surface area contributed by atoms with Crippen LogP contribution < -0.4 is 16.0 Å². The van der Waals surface area contributed by atoms with E-state index in [1.807, 2.05) is 6.07 Å². The third-order valence-electron chi connectivity index (χ3n) is 9.62. The lowest BCUT2D eigenvalue weighted by atomic mass is 9.55. The first kappa shape index (κ1) is 26.7. The third kappa shape index (κ3) is 4.11. The summed E-state index contributed by atoms with van der Waals surface area (Å²) in [6.45, 7) is 0. The van der Waals surface area contributed by atoms with Crippen LogP contribution >= 0.6 is 23.2 Å². The molecule has 206 valence electrons. The summed E-state index contributed by atoms with van der Waals surface area (Å²) in [6.07, 6.45) is 8.01. The molecule has 4 aliphatic rings. The highest BCUT2D eigenvalue weighted by molar-refractivity contribution is 6.31. The zero-order valence-corrected chi connectivity index (χ0v) is 23.1. The van der Waals surface area contributed by atoms with E-state index in [0.29, 0.717) is 36.4 Å². The van der Waals surface area contributed by atoms with Crippen LogP contribution in [0.5, 0.6) is 0 Å². The highest BCUT2D eigenvalue weighted by Gasteiger charge is 2.72. The summed E-state index contributed by atoms with van der Waals surface area (Å²) < 4.78 is 15.9. The van der Waals surface area contributed by atoms with Gasteiger partial charge in [-0.3, -0.25) is 14.9 Å². The predicted octanol–water partition coefficient (Wildman–Crippen LogP) is 5.65. The number of hydrogen-bond donors (Lipinski definition) is 3. The minimum absolute atomic E-state index is 0.0235. The highest BCUT2D eigenvalue weighted by atomic mass is 35.5. The molecular formula is C30H32Cl2FN3O3. The van der Waals surface area contributed by atoms with E-state index in [4.69, 9.17) is 23.2 Å². The summed E-state index contributed by atoms with van der Waals surface area (Å²) >= 11 is 12.6. The molecule has 3 fully saturated rings. The lowest BCUT2D eigenvalue weighted by Gasteiger charge is -2.47. The minimum Gasteiger partial charge on any atom is -0.352 e. The van der Waals surface area contributed by atoms with E-state index in [9.17, 15) is 14.4 Å². The number of carbonyl (C=O) groups is 3. The predicted molar refractivity (Wildman–Crippen MR) is 149 cm³/mol. The molecule has 2 saturated carbocycles. The Balaban J connectivity index is 1.51. The van der Waals surface area contributed by atoms with Crippen molar-refractivity contribution in [2.45, 2.75) is 86.7 Å². The second-order valence-corrected chi connectivity index (χ2v) is 12.4.